The van der Waals surface area contributed by atoms with Crippen molar-refractivity contribution in [2.75, 3.05) is 31.2 Å². The fraction of sp³-hybridized carbons (Fsp3) is 0.643. The van der Waals surface area contributed by atoms with Crippen LogP contribution in [0.2, 0.25) is 0 Å². The Morgan fingerprint density at radius 1 is 1.22 bits per heavy atom. The van der Waals surface area contributed by atoms with Gasteiger partial charge in [-0.2, -0.15) is 0 Å². The summed E-state index contributed by atoms with van der Waals surface area (Å²) < 4.78 is 5.41. The van der Waals surface area contributed by atoms with Gasteiger partial charge < -0.3 is 15.4 Å². The number of ether oxygens (including phenoxy) is 1. The fourth-order valence-electron chi connectivity index (χ4n) is 2.87. The van der Waals surface area contributed by atoms with Gasteiger partial charge in [0.15, 0.2) is 0 Å². The Bertz CT molecular complexity index is 427. The Hall–Kier alpha value is -1.13. The number of rotatable bonds is 2. The van der Waals surface area contributed by atoms with Crippen LogP contribution >= 0.6 is 0 Å². The molecule has 2 N–H and O–H groups in total. The second-order valence-electron chi connectivity index (χ2n) is 5.09. The van der Waals surface area contributed by atoms with Gasteiger partial charge in [0, 0.05) is 30.9 Å². The largest absolute Gasteiger partial charge is 0.378 e. The molecule has 1 aromatic heterocycles. The summed E-state index contributed by atoms with van der Waals surface area (Å²) in [6, 6.07) is 2.28. The average molecular weight is 247 g/mol. The molecule has 0 atom stereocenters. The van der Waals surface area contributed by atoms with Crippen molar-refractivity contribution in [2.24, 2.45) is 5.73 Å². The minimum absolute atomic E-state index is 0.576. The maximum atomic E-state index is 5.89. The lowest BCUT2D eigenvalue weighted by molar-refractivity contribution is 0.122. The third kappa shape index (κ3) is 2.22. The van der Waals surface area contributed by atoms with E-state index in [1.165, 1.54) is 36.1 Å². The fourth-order valence-corrected chi connectivity index (χ4v) is 2.87. The minimum atomic E-state index is 0.576. The summed E-state index contributed by atoms with van der Waals surface area (Å²) in [6.45, 7) is 4.02. The number of aromatic nitrogens is 1. The van der Waals surface area contributed by atoms with Crippen LogP contribution in [-0.2, 0) is 24.1 Å². The van der Waals surface area contributed by atoms with E-state index in [0.717, 1.165) is 38.5 Å². The van der Waals surface area contributed by atoms with E-state index < -0.39 is 0 Å². The molecule has 0 unspecified atom stereocenters. The zero-order valence-corrected chi connectivity index (χ0v) is 10.8. The molecule has 3 rings (SSSR count). The molecular formula is C14H21N3O. The lowest BCUT2D eigenvalue weighted by Crippen LogP contribution is -2.38. The molecule has 1 aromatic rings. The van der Waals surface area contributed by atoms with Crippen LogP contribution in [0.5, 0.6) is 0 Å². The first-order valence-electron chi connectivity index (χ1n) is 6.93. The second-order valence-corrected chi connectivity index (χ2v) is 5.09. The molecule has 0 radical (unpaired) electrons. The Morgan fingerprint density at radius 2 is 2.00 bits per heavy atom. The van der Waals surface area contributed by atoms with Gasteiger partial charge >= 0.3 is 0 Å². The Balaban J connectivity index is 1.95. The molecule has 4 nitrogen and oxygen atoms in total. The van der Waals surface area contributed by atoms with Crippen molar-refractivity contribution >= 4 is 5.82 Å². The predicted octanol–water partition coefficient (Wildman–Crippen LogP) is 1.26. The highest BCUT2D eigenvalue weighted by molar-refractivity contribution is 5.50. The van der Waals surface area contributed by atoms with E-state index in [0.29, 0.717) is 6.54 Å². The number of hydrogen-bond acceptors (Lipinski definition) is 4. The lowest BCUT2D eigenvalue weighted by Gasteiger charge is -2.30. The molecule has 0 spiro atoms. The number of nitrogens with zero attached hydrogens (tertiary/aromatic N) is 2. The van der Waals surface area contributed by atoms with E-state index in [1.807, 2.05) is 0 Å². The molecule has 0 saturated carbocycles. The third-order valence-electron chi connectivity index (χ3n) is 3.89. The van der Waals surface area contributed by atoms with Crippen molar-refractivity contribution in [1.82, 2.24) is 4.98 Å². The molecule has 1 aliphatic carbocycles. The maximum Gasteiger partial charge on any atom is 0.133 e. The predicted molar refractivity (Wildman–Crippen MR) is 71.8 cm³/mol. The van der Waals surface area contributed by atoms with Gasteiger partial charge in [-0.05, 0) is 37.3 Å². The molecule has 1 aliphatic heterocycles. The number of anilines is 1. The summed E-state index contributed by atoms with van der Waals surface area (Å²) in [7, 11) is 0. The summed E-state index contributed by atoms with van der Waals surface area (Å²) in [6.07, 6.45) is 4.84. The topological polar surface area (TPSA) is 51.4 Å². The molecular weight excluding hydrogens is 226 g/mol. The van der Waals surface area contributed by atoms with Crippen LogP contribution < -0.4 is 10.6 Å². The molecule has 1 saturated heterocycles. The average Bonchev–Trinajstić information content (AvgIpc) is 2.46. The highest BCUT2D eigenvalue weighted by Gasteiger charge is 2.19. The molecule has 0 bridgehead atoms. The van der Waals surface area contributed by atoms with E-state index >= 15 is 0 Å². The number of hydrogen-bond donors (Lipinski definition) is 1. The van der Waals surface area contributed by atoms with Crippen LogP contribution in [0, 0.1) is 0 Å². The van der Waals surface area contributed by atoms with Gasteiger partial charge in [-0.25, -0.2) is 4.98 Å². The quantitative estimate of drug-likeness (QED) is 0.854. The summed E-state index contributed by atoms with van der Waals surface area (Å²) in [5.74, 6) is 1.10. The van der Waals surface area contributed by atoms with Crippen molar-refractivity contribution in [1.29, 1.82) is 0 Å². The number of fused-ring (bicyclic) bond motifs is 1. The first-order chi connectivity index (χ1) is 8.88. The highest BCUT2D eigenvalue weighted by Crippen LogP contribution is 2.27. The number of pyridine rings is 1. The first kappa shape index (κ1) is 11.9. The van der Waals surface area contributed by atoms with Gasteiger partial charge in [-0.15, -0.1) is 0 Å². The van der Waals surface area contributed by atoms with E-state index in [-0.39, 0.29) is 0 Å². The number of morpholine rings is 1. The molecule has 18 heavy (non-hydrogen) atoms. The van der Waals surface area contributed by atoms with Crippen molar-refractivity contribution in [2.45, 2.75) is 32.2 Å². The molecule has 4 heteroatoms. The standard InChI is InChI=1S/C14H21N3O/c15-10-12-9-11-3-1-2-4-13(11)16-14(12)17-5-7-18-8-6-17/h9H,1-8,10,15H2. The summed E-state index contributed by atoms with van der Waals surface area (Å²) in [5, 5.41) is 0. The Morgan fingerprint density at radius 3 is 2.78 bits per heavy atom. The molecule has 0 aromatic carbocycles. The van der Waals surface area contributed by atoms with Crippen molar-refractivity contribution < 1.29 is 4.74 Å². The summed E-state index contributed by atoms with van der Waals surface area (Å²) >= 11 is 0. The normalized spacial score (nSPS) is 19.7. The van der Waals surface area contributed by atoms with Crippen LogP contribution in [-0.4, -0.2) is 31.3 Å². The van der Waals surface area contributed by atoms with E-state index in [1.54, 1.807) is 0 Å². The minimum Gasteiger partial charge on any atom is -0.378 e. The van der Waals surface area contributed by atoms with E-state index in [9.17, 15) is 0 Å². The van der Waals surface area contributed by atoms with Crippen LogP contribution in [0.25, 0.3) is 0 Å². The van der Waals surface area contributed by atoms with Gasteiger partial charge in [0.05, 0.1) is 13.2 Å². The van der Waals surface area contributed by atoms with Crippen LogP contribution in [0.1, 0.15) is 29.7 Å². The van der Waals surface area contributed by atoms with Crippen LogP contribution in [0.4, 0.5) is 5.82 Å². The SMILES string of the molecule is NCc1cc2c(nc1N1CCOCC1)CCCC2. The first-order valence-corrected chi connectivity index (χ1v) is 6.93. The molecule has 98 valence electrons. The zero-order valence-electron chi connectivity index (χ0n) is 10.8. The van der Waals surface area contributed by atoms with E-state index in [2.05, 4.69) is 11.0 Å². The Kier molecular flexibility index (Phi) is 3.48. The van der Waals surface area contributed by atoms with E-state index in [4.69, 9.17) is 15.5 Å². The van der Waals surface area contributed by atoms with Gasteiger partial charge in [0.25, 0.3) is 0 Å². The van der Waals surface area contributed by atoms with Crippen molar-refractivity contribution in [3.8, 4) is 0 Å². The molecule has 0 amide bonds. The van der Waals surface area contributed by atoms with Crippen LogP contribution in [0.15, 0.2) is 6.07 Å². The second kappa shape index (κ2) is 5.24. The highest BCUT2D eigenvalue weighted by atomic mass is 16.5. The number of aryl methyl sites for hydroxylation is 2. The van der Waals surface area contributed by atoms with Crippen molar-refractivity contribution in [3.05, 3.63) is 22.9 Å². The van der Waals surface area contributed by atoms with Gasteiger partial charge in [0.2, 0.25) is 0 Å². The third-order valence-corrected chi connectivity index (χ3v) is 3.89. The smallest absolute Gasteiger partial charge is 0.133 e. The van der Waals surface area contributed by atoms with Gasteiger partial charge in [-0.1, -0.05) is 0 Å². The monoisotopic (exact) mass is 247 g/mol. The summed E-state index contributed by atoms with van der Waals surface area (Å²) in [4.78, 5) is 7.22. The summed E-state index contributed by atoms with van der Waals surface area (Å²) in [5.41, 5.74) is 9.79. The van der Waals surface area contributed by atoms with Crippen molar-refractivity contribution in [3.63, 3.8) is 0 Å². The maximum absolute atomic E-state index is 5.89. The molecule has 2 heterocycles. The molecule has 1 fully saturated rings. The number of nitrogens with two attached hydrogens (primary N) is 1. The van der Waals surface area contributed by atoms with Gasteiger partial charge in [-0.3, -0.25) is 0 Å². The van der Waals surface area contributed by atoms with Gasteiger partial charge in [0.1, 0.15) is 5.82 Å². The Labute approximate surface area is 108 Å². The lowest BCUT2D eigenvalue weighted by atomic mass is 9.94. The zero-order chi connectivity index (χ0) is 12.4. The molecule has 2 aliphatic rings. The van der Waals surface area contributed by atoms with Crippen LogP contribution in [0.3, 0.4) is 0 Å².